The maximum Gasteiger partial charge on any atom is 0.0110 e. The van der Waals surface area contributed by atoms with Gasteiger partial charge in [-0.3, -0.25) is 4.90 Å². The highest BCUT2D eigenvalue weighted by atomic mass is 15.2. The maximum atomic E-state index is 3.75. The van der Waals surface area contributed by atoms with Crippen LogP contribution in [0.2, 0.25) is 0 Å². The van der Waals surface area contributed by atoms with E-state index in [4.69, 9.17) is 0 Å². The number of hydrogen-bond acceptors (Lipinski definition) is 3. The van der Waals surface area contributed by atoms with Crippen molar-refractivity contribution in [2.75, 3.05) is 39.8 Å². The number of likely N-dealkylation sites (tertiary alicyclic amines) is 1. The van der Waals surface area contributed by atoms with Gasteiger partial charge in [-0.2, -0.15) is 0 Å². The second-order valence-electron chi connectivity index (χ2n) is 6.24. The molecule has 1 heterocycles. The molecule has 18 heavy (non-hydrogen) atoms. The van der Waals surface area contributed by atoms with Crippen LogP contribution < -0.4 is 5.32 Å². The Kier molecular flexibility index (Phi) is 5.46. The molecular formula is C15H31N3. The fourth-order valence-corrected chi connectivity index (χ4v) is 3.17. The molecule has 3 nitrogen and oxygen atoms in total. The molecule has 0 aromatic carbocycles. The molecule has 0 aromatic heterocycles. The van der Waals surface area contributed by atoms with E-state index in [1.807, 2.05) is 0 Å². The van der Waals surface area contributed by atoms with E-state index >= 15 is 0 Å². The molecule has 2 fully saturated rings. The number of rotatable bonds is 7. The average molecular weight is 253 g/mol. The predicted octanol–water partition coefficient (Wildman–Crippen LogP) is 1.79. The van der Waals surface area contributed by atoms with Crippen LogP contribution in [0.15, 0.2) is 0 Å². The van der Waals surface area contributed by atoms with E-state index in [9.17, 15) is 0 Å². The van der Waals surface area contributed by atoms with Gasteiger partial charge in [-0.25, -0.2) is 0 Å². The van der Waals surface area contributed by atoms with Gasteiger partial charge in [-0.1, -0.05) is 6.92 Å². The fourth-order valence-electron chi connectivity index (χ4n) is 3.17. The summed E-state index contributed by atoms with van der Waals surface area (Å²) in [5.74, 6) is 0.886. The Morgan fingerprint density at radius 2 is 1.89 bits per heavy atom. The molecule has 1 unspecified atom stereocenters. The molecule has 2 rings (SSSR count). The van der Waals surface area contributed by atoms with Gasteiger partial charge in [0.15, 0.2) is 0 Å². The lowest BCUT2D eigenvalue weighted by molar-refractivity contribution is 0.185. The van der Waals surface area contributed by atoms with E-state index in [-0.39, 0.29) is 0 Å². The molecule has 1 aliphatic heterocycles. The molecule has 0 spiro atoms. The third-order valence-corrected chi connectivity index (χ3v) is 4.81. The van der Waals surface area contributed by atoms with Crippen LogP contribution in [0.1, 0.15) is 39.5 Å². The third kappa shape index (κ3) is 4.22. The zero-order valence-corrected chi connectivity index (χ0v) is 12.5. The first-order chi connectivity index (χ1) is 8.70. The van der Waals surface area contributed by atoms with Crippen molar-refractivity contribution in [1.29, 1.82) is 0 Å². The smallest absolute Gasteiger partial charge is 0.0110 e. The van der Waals surface area contributed by atoms with Gasteiger partial charge in [-0.05, 0) is 65.2 Å². The lowest BCUT2D eigenvalue weighted by Gasteiger charge is -2.33. The molecule has 0 aromatic rings. The maximum absolute atomic E-state index is 3.75. The Balaban J connectivity index is 1.60. The van der Waals surface area contributed by atoms with E-state index in [2.05, 4.69) is 36.0 Å². The summed E-state index contributed by atoms with van der Waals surface area (Å²) in [6.45, 7) is 10.8. The Bertz CT molecular complexity index is 232. The van der Waals surface area contributed by atoms with Gasteiger partial charge in [0, 0.05) is 25.2 Å². The van der Waals surface area contributed by atoms with E-state index in [0.29, 0.717) is 6.04 Å². The van der Waals surface area contributed by atoms with Crippen molar-refractivity contribution in [2.24, 2.45) is 5.92 Å². The van der Waals surface area contributed by atoms with Gasteiger partial charge in [-0.15, -0.1) is 0 Å². The summed E-state index contributed by atoms with van der Waals surface area (Å²) in [5.41, 5.74) is 0. The standard InChI is InChI=1S/C15H31N3/c1-4-18(15-5-6-15)12-9-16-13(2)14-7-10-17(3)11-8-14/h13-16H,4-12H2,1-3H3. The van der Waals surface area contributed by atoms with Crippen LogP contribution in [-0.4, -0.2) is 61.7 Å². The van der Waals surface area contributed by atoms with Crippen LogP contribution in [0.4, 0.5) is 0 Å². The van der Waals surface area contributed by atoms with Crippen molar-refractivity contribution in [3.63, 3.8) is 0 Å². The minimum absolute atomic E-state index is 0.691. The predicted molar refractivity (Wildman–Crippen MR) is 78.0 cm³/mol. The molecule has 1 aliphatic carbocycles. The molecule has 1 saturated carbocycles. The van der Waals surface area contributed by atoms with E-state index in [0.717, 1.165) is 18.5 Å². The largest absolute Gasteiger partial charge is 0.313 e. The Morgan fingerprint density at radius 3 is 2.44 bits per heavy atom. The molecule has 2 aliphatic rings. The molecule has 0 radical (unpaired) electrons. The SMILES string of the molecule is CCN(CCNC(C)C1CCN(C)CC1)C1CC1. The monoisotopic (exact) mass is 253 g/mol. The highest BCUT2D eigenvalue weighted by molar-refractivity contribution is 4.85. The average Bonchev–Trinajstić information content (AvgIpc) is 3.19. The van der Waals surface area contributed by atoms with Gasteiger partial charge in [0.05, 0.1) is 0 Å². The lowest BCUT2D eigenvalue weighted by Crippen LogP contribution is -2.43. The van der Waals surface area contributed by atoms with Crippen molar-refractivity contribution >= 4 is 0 Å². The normalized spacial score (nSPS) is 24.7. The van der Waals surface area contributed by atoms with Crippen molar-refractivity contribution < 1.29 is 0 Å². The van der Waals surface area contributed by atoms with E-state index in [1.54, 1.807) is 0 Å². The third-order valence-electron chi connectivity index (χ3n) is 4.81. The van der Waals surface area contributed by atoms with Crippen molar-refractivity contribution in [1.82, 2.24) is 15.1 Å². The first-order valence-electron chi connectivity index (χ1n) is 7.86. The number of piperidine rings is 1. The topological polar surface area (TPSA) is 18.5 Å². The van der Waals surface area contributed by atoms with Crippen LogP contribution in [0.3, 0.4) is 0 Å². The van der Waals surface area contributed by atoms with Crippen molar-refractivity contribution in [3.8, 4) is 0 Å². The summed E-state index contributed by atoms with van der Waals surface area (Å²) in [4.78, 5) is 5.09. The summed E-state index contributed by atoms with van der Waals surface area (Å²) >= 11 is 0. The van der Waals surface area contributed by atoms with Gasteiger partial charge in [0.25, 0.3) is 0 Å². The number of nitrogens with zero attached hydrogens (tertiary/aromatic N) is 2. The summed E-state index contributed by atoms with van der Waals surface area (Å²) in [7, 11) is 2.24. The summed E-state index contributed by atoms with van der Waals surface area (Å²) in [6.07, 6.45) is 5.59. The number of hydrogen-bond donors (Lipinski definition) is 1. The quantitative estimate of drug-likeness (QED) is 0.746. The van der Waals surface area contributed by atoms with Gasteiger partial charge in [0.2, 0.25) is 0 Å². The highest BCUT2D eigenvalue weighted by Crippen LogP contribution is 2.26. The fraction of sp³-hybridized carbons (Fsp3) is 1.00. The zero-order valence-electron chi connectivity index (χ0n) is 12.5. The first-order valence-corrected chi connectivity index (χ1v) is 7.86. The van der Waals surface area contributed by atoms with Gasteiger partial charge < -0.3 is 10.2 Å². The molecular weight excluding hydrogens is 222 g/mol. The minimum Gasteiger partial charge on any atom is -0.313 e. The van der Waals surface area contributed by atoms with Crippen LogP contribution >= 0.6 is 0 Å². The Morgan fingerprint density at radius 1 is 1.22 bits per heavy atom. The van der Waals surface area contributed by atoms with E-state index in [1.165, 1.54) is 51.9 Å². The van der Waals surface area contributed by atoms with Crippen molar-refractivity contribution in [2.45, 2.75) is 51.6 Å². The second kappa shape index (κ2) is 6.88. The molecule has 106 valence electrons. The highest BCUT2D eigenvalue weighted by Gasteiger charge is 2.27. The minimum atomic E-state index is 0.691. The zero-order chi connectivity index (χ0) is 13.0. The first kappa shape index (κ1) is 14.3. The second-order valence-corrected chi connectivity index (χ2v) is 6.24. The van der Waals surface area contributed by atoms with Crippen LogP contribution in [0.25, 0.3) is 0 Å². The summed E-state index contributed by atoms with van der Waals surface area (Å²) in [5, 5.41) is 3.75. The molecule has 1 N–H and O–H groups in total. The van der Waals surface area contributed by atoms with E-state index < -0.39 is 0 Å². The summed E-state index contributed by atoms with van der Waals surface area (Å²) in [6, 6.07) is 1.60. The van der Waals surface area contributed by atoms with Crippen LogP contribution in [0, 0.1) is 5.92 Å². The number of likely N-dealkylation sites (N-methyl/N-ethyl adjacent to an activating group) is 1. The van der Waals surface area contributed by atoms with Gasteiger partial charge >= 0.3 is 0 Å². The molecule has 0 bridgehead atoms. The van der Waals surface area contributed by atoms with Crippen LogP contribution in [-0.2, 0) is 0 Å². The number of nitrogens with one attached hydrogen (secondary N) is 1. The molecule has 0 amide bonds. The molecule has 3 heteroatoms. The van der Waals surface area contributed by atoms with Crippen LogP contribution in [0.5, 0.6) is 0 Å². The summed E-state index contributed by atoms with van der Waals surface area (Å²) < 4.78 is 0. The Labute approximate surface area is 113 Å². The lowest BCUT2D eigenvalue weighted by atomic mass is 9.90. The Hall–Kier alpha value is -0.120. The van der Waals surface area contributed by atoms with Crippen molar-refractivity contribution in [3.05, 3.63) is 0 Å². The molecule has 1 saturated heterocycles. The van der Waals surface area contributed by atoms with Gasteiger partial charge in [0.1, 0.15) is 0 Å². The molecule has 1 atom stereocenters.